The van der Waals surface area contributed by atoms with Crippen LogP contribution in [0.1, 0.15) is 35.7 Å². The van der Waals surface area contributed by atoms with E-state index in [1.165, 1.54) is 11.1 Å². The second kappa shape index (κ2) is 5.39. The predicted octanol–water partition coefficient (Wildman–Crippen LogP) is 3.31. The summed E-state index contributed by atoms with van der Waals surface area (Å²) in [5, 5.41) is 0. The van der Waals surface area contributed by atoms with Gasteiger partial charge in [0, 0.05) is 17.3 Å². The molecule has 0 unspecified atom stereocenters. The molecule has 0 aliphatic carbocycles. The number of aromatic nitrogens is 2. The zero-order chi connectivity index (χ0) is 14.0. The Bertz CT molecular complexity index is 656. The molecule has 0 saturated heterocycles. The number of hydrogen-bond acceptors (Lipinski definition) is 2. The Morgan fingerprint density at radius 3 is 2.42 bits per heavy atom. The molecule has 0 atom stereocenters. The molecule has 3 nitrogen and oxygen atoms in total. The van der Waals surface area contributed by atoms with Gasteiger partial charge in [0.25, 0.3) is 5.56 Å². The van der Waals surface area contributed by atoms with Gasteiger partial charge in [0.1, 0.15) is 5.82 Å². The van der Waals surface area contributed by atoms with Crippen molar-refractivity contribution in [2.45, 2.75) is 40.5 Å². The van der Waals surface area contributed by atoms with E-state index in [1.54, 1.807) is 6.07 Å². The van der Waals surface area contributed by atoms with E-state index in [9.17, 15) is 4.79 Å². The molecule has 1 aromatic heterocycles. The summed E-state index contributed by atoms with van der Waals surface area (Å²) in [7, 11) is 0. The molecule has 3 heteroatoms. The third-order valence-corrected chi connectivity index (χ3v) is 3.40. The van der Waals surface area contributed by atoms with Crippen LogP contribution in [-0.4, -0.2) is 9.97 Å². The smallest absolute Gasteiger partial charge is 0.251 e. The van der Waals surface area contributed by atoms with Gasteiger partial charge in [-0.3, -0.25) is 4.79 Å². The number of aryl methyl sites for hydroxylation is 4. The SMILES string of the molecule is CCCc1cc(=O)[nH]c(-c2cc(C)c(C)cc2C)n1. The molecule has 0 radical (unpaired) electrons. The summed E-state index contributed by atoms with van der Waals surface area (Å²) in [6.45, 7) is 8.31. The second-order valence-electron chi connectivity index (χ2n) is 5.09. The van der Waals surface area contributed by atoms with Crippen LogP contribution in [0.4, 0.5) is 0 Å². The van der Waals surface area contributed by atoms with Crippen molar-refractivity contribution in [1.29, 1.82) is 0 Å². The summed E-state index contributed by atoms with van der Waals surface area (Å²) in [4.78, 5) is 19.1. The second-order valence-corrected chi connectivity index (χ2v) is 5.09. The van der Waals surface area contributed by atoms with Gasteiger partial charge in [-0.1, -0.05) is 19.4 Å². The van der Waals surface area contributed by atoms with Gasteiger partial charge in [-0.05, 0) is 49.9 Å². The molecule has 1 aromatic carbocycles. The minimum atomic E-state index is -0.0777. The van der Waals surface area contributed by atoms with Gasteiger partial charge in [-0.2, -0.15) is 0 Å². The summed E-state index contributed by atoms with van der Waals surface area (Å²) in [5.74, 6) is 0.677. The Morgan fingerprint density at radius 1 is 1.05 bits per heavy atom. The average Bonchev–Trinajstić information content (AvgIpc) is 2.33. The first-order chi connectivity index (χ1) is 9.01. The van der Waals surface area contributed by atoms with Crippen molar-refractivity contribution in [2.75, 3.05) is 0 Å². The van der Waals surface area contributed by atoms with Gasteiger partial charge < -0.3 is 4.98 Å². The first-order valence-corrected chi connectivity index (χ1v) is 6.69. The standard InChI is InChI=1S/C16H20N2O/c1-5-6-13-9-15(19)18-16(17-13)14-8-11(3)10(2)7-12(14)4/h7-9H,5-6H2,1-4H3,(H,17,18,19). The molecule has 0 aliphatic heterocycles. The lowest BCUT2D eigenvalue weighted by Crippen LogP contribution is -2.11. The van der Waals surface area contributed by atoms with Crippen LogP contribution in [0.3, 0.4) is 0 Å². The van der Waals surface area contributed by atoms with E-state index in [0.717, 1.165) is 29.7 Å². The Morgan fingerprint density at radius 2 is 1.74 bits per heavy atom. The van der Waals surface area contributed by atoms with Gasteiger partial charge >= 0.3 is 0 Å². The molecule has 0 fully saturated rings. The number of H-pyrrole nitrogens is 1. The highest BCUT2D eigenvalue weighted by Crippen LogP contribution is 2.23. The Hall–Kier alpha value is -1.90. The minimum Gasteiger partial charge on any atom is -0.307 e. The number of nitrogens with one attached hydrogen (secondary N) is 1. The molecule has 0 amide bonds. The molecule has 2 rings (SSSR count). The van der Waals surface area contributed by atoms with Crippen molar-refractivity contribution >= 4 is 0 Å². The van der Waals surface area contributed by atoms with E-state index in [1.807, 2.05) is 6.92 Å². The molecule has 0 spiro atoms. The zero-order valence-electron chi connectivity index (χ0n) is 12.0. The fourth-order valence-corrected chi connectivity index (χ4v) is 2.24. The summed E-state index contributed by atoms with van der Waals surface area (Å²) in [6.07, 6.45) is 1.82. The van der Waals surface area contributed by atoms with Gasteiger partial charge in [0.15, 0.2) is 0 Å². The lowest BCUT2D eigenvalue weighted by molar-refractivity contribution is 0.869. The third-order valence-electron chi connectivity index (χ3n) is 3.40. The Kier molecular flexibility index (Phi) is 3.84. The van der Waals surface area contributed by atoms with Crippen molar-refractivity contribution < 1.29 is 0 Å². The van der Waals surface area contributed by atoms with Crippen molar-refractivity contribution in [3.05, 3.63) is 50.9 Å². The quantitative estimate of drug-likeness (QED) is 0.915. The highest BCUT2D eigenvalue weighted by Gasteiger charge is 2.08. The lowest BCUT2D eigenvalue weighted by Gasteiger charge is -2.10. The van der Waals surface area contributed by atoms with Gasteiger partial charge in [-0.15, -0.1) is 0 Å². The molecule has 2 aromatic rings. The van der Waals surface area contributed by atoms with Gasteiger partial charge in [0.2, 0.25) is 0 Å². The number of benzene rings is 1. The average molecular weight is 256 g/mol. The molecule has 0 saturated carbocycles. The highest BCUT2D eigenvalue weighted by molar-refractivity contribution is 5.62. The largest absolute Gasteiger partial charge is 0.307 e. The van der Waals surface area contributed by atoms with E-state index in [4.69, 9.17) is 0 Å². The molecule has 1 heterocycles. The van der Waals surface area contributed by atoms with E-state index in [2.05, 4.69) is 42.9 Å². The van der Waals surface area contributed by atoms with E-state index < -0.39 is 0 Å². The molecule has 0 aliphatic rings. The van der Waals surface area contributed by atoms with Gasteiger partial charge in [-0.25, -0.2) is 4.98 Å². The Labute approximate surface area is 113 Å². The van der Waals surface area contributed by atoms with Crippen molar-refractivity contribution in [3.8, 4) is 11.4 Å². The maximum absolute atomic E-state index is 11.7. The van der Waals surface area contributed by atoms with Crippen LogP contribution in [0.5, 0.6) is 0 Å². The van der Waals surface area contributed by atoms with Crippen LogP contribution in [0.2, 0.25) is 0 Å². The van der Waals surface area contributed by atoms with E-state index in [-0.39, 0.29) is 5.56 Å². The molecule has 1 N–H and O–H groups in total. The van der Waals surface area contributed by atoms with Crippen molar-refractivity contribution in [3.63, 3.8) is 0 Å². The number of nitrogens with zero attached hydrogens (tertiary/aromatic N) is 1. The molecule has 19 heavy (non-hydrogen) atoms. The molecule has 0 bridgehead atoms. The lowest BCUT2D eigenvalue weighted by atomic mass is 10.0. The molecule has 100 valence electrons. The van der Waals surface area contributed by atoms with Crippen LogP contribution < -0.4 is 5.56 Å². The first-order valence-electron chi connectivity index (χ1n) is 6.69. The zero-order valence-corrected chi connectivity index (χ0v) is 12.0. The van der Waals surface area contributed by atoms with Crippen molar-refractivity contribution in [1.82, 2.24) is 9.97 Å². The van der Waals surface area contributed by atoms with Crippen LogP contribution in [-0.2, 0) is 6.42 Å². The fraction of sp³-hybridized carbons (Fsp3) is 0.375. The summed E-state index contributed by atoms with van der Waals surface area (Å²) in [5.41, 5.74) is 5.40. The minimum absolute atomic E-state index is 0.0777. The summed E-state index contributed by atoms with van der Waals surface area (Å²) in [6, 6.07) is 5.82. The first kappa shape index (κ1) is 13.5. The normalized spacial score (nSPS) is 10.7. The van der Waals surface area contributed by atoms with Crippen LogP contribution >= 0.6 is 0 Å². The molecular weight excluding hydrogens is 236 g/mol. The van der Waals surface area contributed by atoms with Crippen LogP contribution in [0.15, 0.2) is 23.0 Å². The fourth-order valence-electron chi connectivity index (χ4n) is 2.24. The summed E-state index contributed by atoms with van der Waals surface area (Å²) >= 11 is 0. The van der Waals surface area contributed by atoms with Crippen LogP contribution in [0, 0.1) is 20.8 Å². The highest BCUT2D eigenvalue weighted by atomic mass is 16.1. The molecular formula is C16H20N2O. The number of hydrogen-bond donors (Lipinski definition) is 1. The monoisotopic (exact) mass is 256 g/mol. The van der Waals surface area contributed by atoms with E-state index >= 15 is 0 Å². The van der Waals surface area contributed by atoms with Gasteiger partial charge in [0.05, 0.1) is 0 Å². The van der Waals surface area contributed by atoms with Crippen LogP contribution in [0.25, 0.3) is 11.4 Å². The topological polar surface area (TPSA) is 45.8 Å². The maximum Gasteiger partial charge on any atom is 0.251 e. The van der Waals surface area contributed by atoms with E-state index in [0.29, 0.717) is 5.82 Å². The Balaban J connectivity index is 2.58. The number of aromatic amines is 1. The predicted molar refractivity (Wildman–Crippen MR) is 78.5 cm³/mol. The van der Waals surface area contributed by atoms with Crippen molar-refractivity contribution in [2.24, 2.45) is 0 Å². The third kappa shape index (κ3) is 2.92. The summed E-state index contributed by atoms with van der Waals surface area (Å²) < 4.78 is 0. The maximum atomic E-state index is 11.7. The number of rotatable bonds is 3.